The van der Waals surface area contributed by atoms with Gasteiger partial charge in [-0.15, -0.1) is 0 Å². The highest BCUT2D eigenvalue weighted by Crippen LogP contribution is 2.47. The predicted molar refractivity (Wildman–Crippen MR) is 65.2 cm³/mol. The number of rotatable bonds is 0. The third-order valence-corrected chi connectivity index (χ3v) is 4.50. The van der Waals surface area contributed by atoms with Crippen LogP contribution in [0.25, 0.3) is 0 Å². The zero-order valence-corrected chi connectivity index (χ0v) is 10.2. The van der Waals surface area contributed by atoms with Crippen molar-refractivity contribution in [2.45, 2.75) is 38.0 Å². The van der Waals surface area contributed by atoms with E-state index in [1.54, 1.807) is 6.07 Å². The van der Waals surface area contributed by atoms with E-state index in [0.29, 0.717) is 24.1 Å². The van der Waals surface area contributed by atoms with E-state index in [-0.39, 0.29) is 5.69 Å². The summed E-state index contributed by atoms with van der Waals surface area (Å²) in [4.78, 5) is 6.58. The van der Waals surface area contributed by atoms with Crippen molar-refractivity contribution < 1.29 is 13.2 Å². The van der Waals surface area contributed by atoms with E-state index in [4.69, 9.17) is 0 Å². The smallest absolute Gasteiger partial charge is 0.352 e. The molecule has 4 rings (SSSR count). The molecule has 1 aromatic rings. The first-order valence-electron chi connectivity index (χ1n) is 6.58. The fourth-order valence-electron chi connectivity index (χ4n) is 3.64. The Morgan fingerprint density at radius 1 is 1.21 bits per heavy atom. The lowest BCUT2D eigenvalue weighted by Crippen LogP contribution is -2.38. The van der Waals surface area contributed by atoms with E-state index in [2.05, 4.69) is 9.89 Å². The lowest BCUT2D eigenvalue weighted by Gasteiger charge is -2.34. The standard InChI is InChI=1S/C14H13F3N2/c15-14(16,17)11-3-1-2-9-7-19-10-5-4-8(6-10)13(19)18-12(9)11/h1-3,8,10H,4-7H2. The van der Waals surface area contributed by atoms with Gasteiger partial charge in [0, 0.05) is 18.5 Å². The van der Waals surface area contributed by atoms with Crippen molar-refractivity contribution in [1.82, 2.24) is 4.90 Å². The SMILES string of the molecule is FC(F)(F)c1cccc2c1N=C1C3CCC(C3)N1C2. The Bertz CT molecular complexity index is 577. The second-order valence-corrected chi connectivity index (χ2v) is 5.57. The third-order valence-electron chi connectivity index (χ3n) is 4.50. The fourth-order valence-corrected chi connectivity index (χ4v) is 3.64. The molecular weight excluding hydrogens is 253 g/mol. The minimum Gasteiger partial charge on any atom is -0.352 e. The number of benzene rings is 1. The van der Waals surface area contributed by atoms with E-state index in [1.807, 2.05) is 0 Å². The maximum Gasteiger partial charge on any atom is 0.418 e. The molecule has 1 saturated carbocycles. The molecule has 2 unspecified atom stereocenters. The maximum absolute atomic E-state index is 13.0. The van der Waals surface area contributed by atoms with Crippen LogP contribution in [0.3, 0.4) is 0 Å². The molecular formula is C14H13F3N2. The predicted octanol–water partition coefficient (Wildman–Crippen LogP) is 3.73. The number of amidine groups is 1. The fraction of sp³-hybridized carbons (Fsp3) is 0.500. The zero-order chi connectivity index (χ0) is 13.2. The highest BCUT2D eigenvalue weighted by atomic mass is 19.4. The van der Waals surface area contributed by atoms with Crippen LogP contribution in [0.4, 0.5) is 18.9 Å². The molecule has 19 heavy (non-hydrogen) atoms. The van der Waals surface area contributed by atoms with Crippen molar-refractivity contribution in [1.29, 1.82) is 0 Å². The van der Waals surface area contributed by atoms with Gasteiger partial charge in [0.15, 0.2) is 0 Å². The van der Waals surface area contributed by atoms with Gasteiger partial charge >= 0.3 is 6.18 Å². The molecule has 2 heterocycles. The molecule has 1 aromatic carbocycles. The van der Waals surface area contributed by atoms with Crippen molar-refractivity contribution in [3.63, 3.8) is 0 Å². The summed E-state index contributed by atoms with van der Waals surface area (Å²) in [6, 6.07) is 4.87. The summed E-state index contributed by atoms with van der Waals surface area (Å²) in [5, 5.41) is 0. The van der Waals surface area contributed by atoms with Gasteiger partial charge in [0.25, 0.3) is 0 Å². The first-order chi connectivity index (χ1) is 9.04. The van der Waals surface area contributed by atoms with Crippen LogP contribution >= 0.6 is 0 Å². The average molecular weight is 266 g/mol. The van der Waals surface area contributed by atoms with Crippen LogP contribution in [0.5, 0.6) is 0 Å². The van der Waals surface area contributed by atoms with Gasteiger partial charge in [0.1, 0.15) is 5.84 Å². The first-order valence-corrected chi connectivity index (χ1v) is 6.58. The Hall–Kier alpha value is -1.52. The molecule has 1 aliphatic carbocycles. The van der Waals surface area contributed by atoms with Gasteiger partial charge in [0.05, 0.1) is 11.3 Å². The number of piperidine rings is 1. The number of aliphatic imine (C=N–C) groups is 1. The molecule has 2 fully saturated rings. The Morgan fingerprint density at radius 3 is 2.84 bits per heavy atom. The monoisotopic (exact) mass is 266 g/mol. The summed E-state index contributed by atoms with van der Waals surface area (Å²) in [7, 11) is 0. The quantitative estimate of drug-likeness (QED) is 0.698. The van der Waals surface area contributed by atoms with Crippen molar-refractivity contribution >= 4 is 11.5 Å². The molecule has 1 saturated heterocycles. The van der Waals surface area contributed by atoms with Gasteiger partial charge < -0.3 is 4.90 Å². The van der Waals surface area contributed by atoms with Crippen LogP contribution in [0, 0.1) is 5.92 Å². The van der Waals surface area contributed by atoms with E-state index in [0.717, 1.165) is 31.2 Å². The number of fused-ring (bicyclic) bond motifs is 6. The molecule has 2 atom stereocenters. The zero-order valence-electron chi connectivity index (χ0n) is 10.2. The van der Waals surface area contributed by atoms with Crippen LogP contribution < -0.4 is 0 Å². The average Bonchev–Trinajstić information content (AvgIpc) is 2.96. The minimum atomic E-state index is -4.32. The summed E-state index contributed by atoms with van der Waals surface area (Å²) in [6.07, 6.45) is -1.04. The van der Waals surface area contributed by atoms with Gasteiger partial charge in [-0.3, -0.25) is 0 Å². The minimum absolute atomic E-state index is 0.147. The first kappa shape index (κ1) is 11.3. The number of para-hydroxylation sites is 1. The summed E-state index contributed by atoms with van der Waals surface area (Å²) in [5.74, 6) is 1.26. The Kier molecular flexibility index (Phi) is 2.10. The number of halogens is 3. The molecule has 5 heteroatoms. The number of hydrogen-bond donors (Lipinski definition) is 0. The molecule has 100 valence electrons. The summed E-state index contributed by atoms with van der Waals surface area (Å²) >= 11 is 0. The van der Waals surface area contributed by atoms with Gasteiger partial charge in [-0.1, -0.05) is 12.1 Å². The van der Waals surface area contributed by atoms with Crippen LogP contribution in [0.15, 0.2) is 23.2 Å². The maximum atomic E-state index is 13.0. The largest absolute Gasteiger partial charge is 0.418 e. The van der Waals surface area contributed by atoms with Crippen LogP contribution in [-0.4, -0.2) is 16.8 Å². The van der Waals surface area contributed by atoms with E-state index < -0.39 is 11.7 Å². The lowest BCUT2D eigenvalue weighted by atomic mass is 10.0. The molecule has 0 radical (unpaired) electrons. The Labute approximate surface area is 108 Å². The highest BCUT2D eigenvalue weighted by molar-refractivity contribution is 5.92. The molecule has 0 amide bonds. The van der Waals surface area contributed by atoms with Crippen LogP contribution in [-0.2, 0) is 12.7 Å². The summed E-state index contributed by atoms with van der Waals surface area (Å²) in [5.41, 5.74) is 0.250. The van der Waals surface area contributed by atoms with Crippen molar-refractivity contribution in [3.05, 3.63) is 29.3 Å². The summed E-state index contributed by atoms with van der Waals surface area (Å²) in [6.45, 7) is 0.583. The van der Waals surface area contributed by atoms with Gasteiger partial charge in [-0.05, 0) is 30.9 Å². The van der Waals surface area contributed by atoms with Crippen LogP contribution in [0.1, 0.15) is 30.4 Å². The molecule has 0 spiro atoms. The Morgan fingerprint density at radius 2 is 2.05 bits per heavy atom. The molecule has 3 aliphatic rings. The third kappa shape index (κ3) is 1.53. The molecule has 2 bridgehead atoms. The second-order valence-electron chi connectivity index (χ2n) is 5.57. The van der Waals surface area contributed by atoms with Gasteiger partial charge in [0.2, 0.25) is 0 Å². The van der Waals surface area contributed by atoms with Crippen molar-refractivity contribution in [2.75, 3.05) is 0 Å². The van der Waals surface area contributed by atoms with Crippen molar-refractivity contribution in [2.24, 2.45) is 10.9 Å². The van der Waals surface area contributed by atoms with E-state index in [9.17, 15) is 13.2 Å². The van der Waals surface area contributed by atoms with Crippen molar-refractivity contribution in [3.8, 4) is 0 Å². The molecule has 2 aliphatic heterocycles. The second kappa shape index (κ2) is 3.52. The topological polar surface area (TPSA) is 15.6 Å². The number of alkyl halides is 3. The van der Waals surface area contributed by atoms with E-state index >= 15 is 0 Å². The lowest BCUT2D eigenvalue weighted by molar-refractivity contribution is -0.137. The molecule has 2 nitrogen and oxygen atoms in total. The highest BCUT2D eigenvalue weighted by Gasteiger charge is 2.45. The number of hydrogen-bond acceptors (Lipinski definition) is 2. The van der Waals surface area contributed by atoms with E-state index in [1.165, 1.54) is 6.07 Å². The molecule has 0 N–H and O–H groups in total. The number of nitrogens with zero attached hydrogens (tertiary/aromatic N) is 2. The molecule has 0 aromatic heterocycles. The Balaban J connectivity index is 1.86. The normalized spacial score (nSPS) is 28.2. The summed E-state index contributed by atoms with van der Waals surface area (Å²) < 4.78 is 39.1. The van der Waals surface area contributed by atoms with Gasteiger partial charge in [-0.2, -0.15) is 13.2 Å². The van der Waals surface area contributed by atoms with Gasteiger partial charge in [-0.25, -0.2) is 4.99 Å². The van der Waals surface area contributed by atoms with Crippen LogP contribution in [0.2, 0.25) is 0 Å².